The van der Waals surface area contributed by atoms with Crippen LogP contribution in [0.15, 0.2) is 78.3 Å². The van der Waals surface area contributed by atoms with E-state index in [4.69, 9.17) is 0 Å². The molecule has 1 aromatic carbocycles. The number of hydrogen-bond acceptors (Lipinski definition) is 2. The van der Waals surface area contributed by atoms with Crippen LogP contribution < -0.4 is 5.32 Å². The Morgan fingerprint density at radius 3 is 2.82 bits per heavy atom. The van der Waals surface area contributed by atoms with Gasteiger partial charge in [-0.05, 0) is 36.4 Å². The third-order valence-electron chi connectivity index (χ3n) is 2.85. The van der Waals surface area contributed by atoms with E-state index in [0.29, 0.717) is 0 Å². The lowest BCUT2D eigenvalue weighted by Gasteiger charge is -2.26. The van der Waals surface area contributed by atoms with Gasteiger partial charge in [0.05, 0.1) is 0 Å². The lowest BCUT2D eigenvalue weighted by Crippen LogP contribution is -2.21. The highest BCUT2D eigenvalue weighted by Gasteiger charge is 2.11. The molecule has 2 aliphatic heterocycles. The molecule has 0 radical (unpaired) electrons. The Balaban J connectivity index is 1.78. The van der Waals surface area contributed by atoms with Crippen molar-refractivity contribution in [2.45, 2.75) is 0 Å². The summed E-state index contributed by atoms with van der Waals surface area (Å²) >= 11 is 0. The molecule has 2 heteroatoms. The maximum atomic E-state index is 3.41. The molecule has 0 saturated carbocycles. The number of benzene rings is 1. The molecule has 0 fully saturated rings. The molecule has 3 rings (SSSR count). The van der Waals surface area contributed by atoms with Gasteiger partial charge in [-0.15, -0.1) is 0 Å². The van der Waals surface area contributed by atoms with E-state index in [1.807, 2.05) is 18.2 Å². The van der Waals surface area contributed by atoms with E-state index in [-0.39, 0.29) is 0 Å². The standard InChI is InChI=1S/C15H14N2/c1-2-6-13(7-3-1)16-14-9-11-17-10-5-4-8-15(17)12-14/h1-10,12,16H,11H2. The first kappa shape index (κ1) is 9.97. The lowest BCUT2D eigenvalue weighted by atomic mass is 10.1. The monoisotopic (exact) mass is 222 g/mol. The van der Waals surface area contributed by atoms with Gasteiger partial charge >= 0.3 is 0 Å². The summed E-state index contributed by atoms with van der Waals surface area (Å²) in [6, 6.07) is 10.2. The Labute approximate surface area is 101 Å². The zero-order valence-corrected chi connectivity index (χ0v) is 9.51. The van der Waals surface area contributed by atoms with Crippen molar-refractivity contribution in [1.29, 1.82) is 0 Å². The van der Waals surface area contributed by atoms with Gasteiger partial charge in [0.25, 0.3) is 0 Å². The Bertz CT molecular complexity index is 521. The number of para-hydroxylation sites is 1. The van der Waals surface area contributed by atoms with Crippen LogP contribution in [0.25, 0.3) is 0 Å². The molecule has 0 unspecified atom stereocenters. The summed E-state index contributed by atoms with van der Waals surface area (Å²) in [7, 11) is 0. The van der Waals surface area contributed by atoms with Crippen LogP contribution >= 0.6 is 0 Å². The number of fused-ring (bicyclic) bond motifs is 1. The van der Waals surface area contributed by atoms with E-state index in [9.17, 15) is 0 Å². The quantitative estimate of drug-likeness (QED) is 0.826. The van der Waals surface area contributed by atoms with Crippen LogP contribution in [0.2, 0.25) is 0 Å². The summed E-state index contributed by atoms with van der Waals surface area (Å²) in [5.74, 6) is 0. The van der Waals surface area contributed by atoms with Crippen molar-refractivity contribution < 1.29 is 0 Å². The topological polar surface area (TPSA) is 15.3 Å². The molecular formula is C15H14N2. The lowest BCUT2D eigenvalue weighted by molar-refractivity contribution is 0.521. The molecule has 0 spiro atoms. The molecular weight excluding hydrogens is 208 g/mol. The third-order valence-corrected chi connectivity index (χ3v) is 2.85. The Morgan fingerprint density at radius 1 is 1.06 bits per heavy atom. The molecule has 2 nitrogen and oxygen atoms in total. The van der Waals surface area contributed by atoms with Crippen molar-refractivity contribution in [3.63, 3.8) is 0 Å². The number of rotatable bonds is 2. The molecule has 1 N–H and O–H groups in total. The Morgan fingerprint density at radius 2 is 1.94 bits per heavy atom. The molecule has 17 heavy (non-hydrogen) atoms. The van der Waals surface area contributed by atoms with Crippen LogP contribution in [0.1, 0.15) is 0 Å². The van der Waals surface area contributed by atoms with Gasteiger partial charge in [0, 0.05) is 29.8 Å². The number of allylic oxidation sites excluding steroid dienone is 4. The SMILES string of the molecule is C1=CC2=CC(Nc3ccccc3)=CCN2C=C1. The van der Waals surface area contributed by atoms with Crippen molar-refractivity contribution in [3.05, 3.63) is 78.3 Å². The van der Waals surface area contributed by atoms with E-state index in [2.05, 4.69) is 58.9 Å². The van der Waals surface area contributed by atoms with Crippen molar-refractivity contribution in [2.24, 2.45) is 0 Å². The summed E-state index contributed by atoms with van der Waals surface area (Å²) in [6.07, 6.45) is 12.7. The minimum absolute atomic E-state index is 0.918. The number of nitrogens with one attached hydrogen (secondary N) is 1. The van der Waals surface area contributed by atoms with Gasteiger partial charge in [0.15, 0.2) is 0 Å². The predicted octanol–water partition coefficient (Wildman–Crippen LogP) is 3.27. The zero-order valence-electron chi connectivity index (χ0n) is 9.51. The highest BCUT2D eigenvalue weighted by molar-refractivity contribution is 5.53. The van der Waals surface area contributed by atoms with Crippen LogP contribution in [-0.2, 0) is 0 Å². The maximum Gasteiger partial charge on any atom is 0.0429 e. The minimum atomic E-state index is 0.918. The number of hydrogen-bond donors (Lipinski definition) is 1. The molecule has 1 aromatic rings. The van der Waals surface area contributed by atoms with E-state index >= 15 is 0 Å². The van der Waals surface area contributed by atoms with Crippen LogP contribution in [0, 0.1) is 0 Å². The fraction of sp³-hybridized carbons (Fsp3) is 0.0667. The van der Waals surface area contributed by atoms with Gasteiger partial charge in [0.2, 0.25) is 0 Å². The van der Waals surface area contributed by atoms with Gasteiger partial charge in [-0.3, -0.25) is 0 Å². The van der Waals surface area contributed by atoms with E-state index in [0.717, 1.165) is 17.9 Å². The first-order valence-electron chi connectivity index (χ1n) is 5.77. The maximum absolute atomic E-state index is 3.41. The van der Waals surface area contributed by atoms with Crippen LogP contribution in [-0.4, -0.2) is 11.4 Å². The Kier molecular flexibility index (Phi) is 2.54. The molecule has 0 aromatic heterocycles. The molecule has 2 aliphatic rings. The smallest absolute Gasteiger partial charge is 0.0429 e. The van der Waals surface area contributed by atoms with Crippen molar-refractivity contribution in [3.8, 4) is 0 Å². The molecule has 0 saturated heterocycles. The van der Waals surface area contributed by atoms with E-state index in [1.54, 1.807) is 0 Å². The van der Waals surface area contributed by atoms with Crippen LogP contribution in [0.5, 0.6) is 0 Å². The van der Waals surface area contributed by atoms with Crippen molar-refractivity contribution in [2.75, 3.05) is 11.9 Å². The van der Waals surface area contributed by atoms with Gasteiger partial charge in [-0.25, -0.2) is 0 Å². The molecule has 0 amide bonds. The number of nitrogens with zero attached hydrogens (tertiary/aromatic N) is 1. The van der Waals surface area contributed by atoms with Gasteiger partial charge < -0.3 is 10.2 Å². The van der Waals surface area contributed by atoms with Crippen molar-refractivity contribution >= 4 is 5.69 Å². The fourth-order valence-electron chi connectivity index (χ4n) is 1.98. The molecule has 2 heterocycles. The Hall–Kier alpha value is -2.22. The van der Waals surface area contributed by atoms with Gasteiger partial charge in [-0.2, -0.15) is 0 Å². The zero-order chi connectivity index (χ0) is 11.5. The summed E-state index contributed by atoms with van der Waals surface area (Å²) < 4.78 is 0. The first-order valence-corrected chi connectivity index (χ1v) is 5.77. The highest BCUT2D eigenvalue weighted by Crippen LogP contribution is 2.20. The largest absolute Gasteiger partial charge is 0.356 e. The molecule has 84 valence electrons. The second-order valence-corrected chi connectivity index (χ2v) is 4.07. The van der Waals surface area contributed by atoms with E-state index in [1.165, 1.54) is 5.70 Å². The van der Waals surface area contributed by atoms with Crippen molar-refractivity contribution in [1.82, 2.24) is 4.90 Å². The summed E-state index contributed by atoms with van der Waals surface area (Å²) in [4.78, 5) is 2.22. The van der Waals surface area contributed by atoms with Crippen LogP contribution in [0.3, 0.4) is 0 Å². The highest BCUT2D eigenvalue weighted by atomic mass is 15.1. The fourth-order valence-corrected chi connectivity index (χ4v) is 1.98. The summed E-state index contributed by atoms with van der Waals surface area (Å²) in [6.45, 7) is 0.918. The minimum Gasteiger partial charge on any atom is -0.356 e. The van der Waals surface area contributed by atoms with Crippen LogP contribution in [0.4, 0.5) is 5.69 Å². The molecule has 0 atom stereocenters. The summed E-state index contributed by atoms with van der Waals surface area (Å²) in [5.41, 5.74) is 3.51. The van der Waals surface area contributed by atoms with E-state index < -0.39 is 0 Å². The third kappa shape index (κ3) is 2.16. The average molecular weight is 222 g/mol. The molecule has 0 bridgehead atoms. The van der Waals surface area contributed by atoms with Gasteiger partial charge in [0.1, 0.15) is 0 Å². The second-order valence-electron chi connectivity index (χ2n) is 4.07. The second kappa shape index (κ2) is 4.34. The number of anilines is 1. The normalized spacial score (nSPS) is 17.3. The summed E-state index contributed by atoms with van der Waals surface area (Å²) in [5, 5.41) is 3.41. The molecule has 0 aliphatic carbocycles. The predicted molar refractivity (Wildman–Crippen MR) is 71.2 cm³/mol. The average Bonchev–Trinajstić information content (AvgIpc) is 2.40. The van der Waals surface area contributed by atoms with Gasteiger partial charge in [-0.1, -0.05) is 24.3 Å². The first-order chi connectivity index (χ1) is 8.42.